The van der Waals surface area contributed by atoms with Gasteiger partial charge in [-0.15, -0.1) is 0 Å². The van der Waals surface area contributed by atoms with E-state index in [0.29, 0.717) is 10.9 Å². The minimum atomic E-state index is -1.03. The third-order valence-electron chi connectivity index (χ3n) is 3.05. The van der Waals surface area contributed by atoms with Crippen LogP contribution in [-0.2, 0) is 0 Å². The summed E-state index contributed by atoms with van der Waals surface area (Å²) in [6.07, 6.45) is 2.90. The maximum absolute atomic E-state index is 11.6. The monoisotopic (exact) mass is 357 g/mol. The Kier molecular flexibility index (Phi) is 4.66. The van der Waals surface area contributed by atoms with Crippen LogP contribution in [0.2, 0.25) is 0 Å². The van der Waals surface area contributed by atoms with Crippen LogP contribution in [0.3, 0.4) is 0 Å². The molecule has 0 spiro atoms. The summed E-state index contributed by atoms with van der Waals surface area (Å²) in [5.74, 6) is -0.464. The van der Waals surface area contributed by atoms with E-state index < -0.39 is 22.0 Å². The predicted molar refractivity (Wildman–Crippen MR) is 91.4 cm³/mol. The summed E-state index contributed by atoms with van der Waals surface area (Å²) in [7, 11) is 0. The lowest BCUT2D eigenvalue weighted by Gasteiger charge is -1.97. The first kappa shape index (κ1) is 16.5. The highest BCUT2D eigenvalue weighted by Gasteiger charge is 2.21. The van der Waals surface area contributed by atoms with Crippen molar-refractivity contribution in [2.45, 2.75) is 9.99 Å². The van der Waals surface area contributed by atoms with Gasteiger partial charge in [-0.05, 0) is 36.4 Å². The molecule has 3 rings (SSSR count). The SMILES string of the molecule is O=c1[nH]c(/C=C/c2ccc(Sc3ccccc3)o2)nc(O)c1[N+](=O)[O-]. The molecule has 0 aliphatic heterocycles. The highest BCUT2D eigenvalue weighted by atomic mass is 32.2. The maximum atomic E-state index is 11.6. The Hall–Kier alpha value is -3.33. The summed E-state index contributed by atoms with van der Waals surface area (Å²) in [4.78, 5) is 28.0. The quantitative estimate of drug-likeness (QED) is 0.530. The number of aromatic amines is 1. The van der Waals surface area contributed by atoms with Crippen LogP contribution in [0, 0.1) is 10.1 Å². The van der Waals surface area contributed by atoms with E-state index >= 15 is 0 Å². The number of aromatic nitrogens is 2. The van der Waals surface area contributed by atoms with Crippen molar-refractivity contribution >= 4 is 29.6 Å². The summed E-state index contributed by atoms with van der Waals surface area (Å²) in [5, 5.41) is 20.8. The van der Waals surface area contributed by atoms with Crippen LogP contribution in [0.4, 0.5) is 5.69 Å². The molecule has 0 bridgehead atoms. The molecule has 9 heteroatoms. The Morgan fingerprint density at radius 2 is 1.96 bits per heavy atom. The first-order valence-corrected chi connectivity index (χ1v) is 7.83. The Labute approximate surface area is 145 Å². The number of nitro groups is 1. The summed E-state index contributed by atoms with van der Waals surface area (Å²) >= 11 is 1.45. The van der Waals surface area contributed by atoms with E-state index in [4.69, 9.17) is 4.42 Å². The van der Waals surface area contributed by atoms with Gasteiger partial charge in [-0.3, -0.25) is 14.9 Å². The second-order valence-electron chi connectivity index (χ2n) is 4.79. The number of nitrogens with one attached hydrogen (secondary N) is 1. The van der Waals surface area contributed by atoms with E-state index in [9.17, 15) is 20.0 Å². The average Bonchev–Trinajstić information content (AvgIpc) is 3.00. The number of aromatic hydroxyl groups is 1. The van der Waals surface area contributed by atoms with Gasteiger partial charge in [-0.25, -0.2) is 0 Å². The molecule has 0 fully saturated rings. The van der Waals surface area contributed by atoms with Crippen molar-refractivity contribution in [1.82, 2.24) is 9.97 Å². The smallest absolute Gasteiger partial charge is 0.395 e. The molecule has 3 aromatic rings. The molecule has 126 valence electrons. The van der Waals surface area contributed by atoms with Crippen LogP contribution in [0.15, 0.2) is 61.7 Å². The van der Waals surface area contributed by atoms with Crippen LogP contribution in [-0.4, -0.2) is 20.0 Å². The van der Waals surface area contributed by atoms with Gasteiger partial charge >= 0.3 is 11.2 Å². The van der Waals surface area contributed by atoms with Crippen LogP contribution < -0.4 is 5.56 Å². The molecular weight excluding hydrogens is 346 g/mol. The average molecular weight is 357 g/mol. The van der Waals surface area contributed by atoms with Crippen molar-refractivity contribution in [3.8, 4) is 5.88 Å². The second kappa shape index (κ2) is 7.05. The van der Waals surface area contributed by atoms with Gasteiger partial charge in [-0.2, -0.15) is 4.98 Å². The number of nitrogens with zero attached hydrogens (tertiary/aromatic N) is 2. The third kappa shape index (κ3) is 3.96. The fraction of sp³-hybridized carbons (Fsp3) is 0. The minimum Gasteiger partial charge on any atom is -0.488 e. The first-order chi connectivity index (χ1) is 12.0. The summed E-state index contributed by atoms with van der Waals surface area (Å²) in [6.45, 7) is 0. The van der Waals surface area contributed by atoms with E-state index in [-0.39, 0.29) is 5.82 Å². The molecule has 0 aliphatic carbocycles. The summed E-state index contributed by atoms with van der Waals surface area (Å²) in [6, 6.07) is 13.2. The Bertz CT molecular complexity index is 995. The van der Waals surface area contributed by atoms with E-state index in [0.717, 1.165) is 4.90 Å². The van der Waals surface area contributed by atoms with Crippen LogP contribution in [0.25, 0.3) is 12.2 Å². The fourth-order valence-corrected chi connectivity index (χ4v) is 2.76. The van der Waals surface area contributed by atoms with Crippen molar-refractivity contribution in [2.24, 2.45) is 0 Å². The molecule has 0 radical (unpaired) electrons. The zero-order valence-electron chi connectivity index (χ0n) is 12.6. The van der Waals surface area contributed by atoms with E-state index in [1.807, 2.05) is 30.3 Å². The number of H-pyrrole nitrogens is 1. The van der Waals surface area contributed by atoms with Crippen LogP contribution in [0.1, 0.15) is 11.6 Å². The number of furan rings is 1. The lowest BCUT2D eigenvalue weighted by atomic mass is 10.4. The van der Waals surface area contributed by atoms with Gasteiger partial charge in [0.1, 0.15) is 11.6 Å². The minimum absolute atomic E-state index is 0.0261. The topological polar surface area (TPSA) is 122 Å². The molecule has 0 amide bonds. The molecule has 2 N–H and O–H groups in total. The molecule has 0 saturated heterocycles. The number of benzene rings is 1. The van der Waals surface area contributed by atoms with Gasteiger partial charge in [0.2, 0.25) is 0 Å². The molecular formula is C16H11N3O5S. The molecule has 8 nitrogen and oxygen atoms in total. The number of hydrogen-bond donors (Lipinski definition) is 2. The normalized spacial score (nSPS) is 11.0. The Balaban J connectivity index is 1.77. The molecule has 25 heavy (non-hydrogen) atoms. The molecule has 0 unspecified atom stereocenters. The third-order valence-corrected chi connectivity index (χ3v) is 3.98. The molecule has 2 aromatic heterocycles. The zero-order chi connectivity index (χ0) is 17.8. The van der Waals surface area contributed by atoms with E-state index in [2.05, 4.69) is 9.97 Å². The lowest BCUT2D eigenvalue weighted by molar-refractivity contribution is -0.387. The van der Waals surface area contributed by atoms with Crippen molar-refractivity contribution in [1.29, 1.82) is 0 Å². The lowest BCUT2D eigenvalue weighted by Crippen LogP contribution is -2.14. The first-order valence-electron chi connectivity index (χ1n) is 7.01. The second-order valence-corrected chi connectivity index (χ2v) is 5.86. The number of hydrogen-bond acceptors (Lipinski definition) is 7. The van der Waals surface area contributed by atoms with Crippen molar-refractivity contribution in [2.75, 3.05) is 0 Å². The predicted octanol–water partition coefficient (Wildman–Crippen LogP) is 3.30. The number of rotatable bonds is 5. The van der Waals surface area contributed by atoms with Crippen molar-refractivity contribution in [3.63, 3.8) is 0 Å². The van der Waals surface area contributed by atoms with Crippen molar-refractivity contribution < 1.29 is 14.4 Å². The molecule has 0 atom stereocenters. The van der Waals surface area contributed by atoms with Gasteiger partial charge in [0.15, 0.2) is 5.09 Å². The highest BCUT2D eigenvalue weighted by molar-refractivity contribution is 7.99. The van der Waals surface area contributed by atoms with Crippen molar-refractivity contribution in [3.05, 3.63) is 74.5 Å². The van der Waals surface area contributed by atoms with E-state index in [1.165, 1.54) is 23.9 Å². The van der Waals surface area contributed by atoms with E-state index in [1.54, 1.807) is 12.1 Å². The Morgan fingerprint density at radius 3 is 2.64 bits per heavy atom. The molecule has 1 aromatic carbocycles. The van der Waals surface area contributed by atoms with Gasteiger partial charge in [0.25, 0.3) is 5.88 Å². The molecule has 2 heterocycles. The van der Waals surface area contributed by atoms with Crippen LogP contribution in [0.5, 0.6) is 5.88 Å². The van der Waals surface area contributed by atoms with Gasteiger partial charge < -0.3 is 14.5 Å². The maximum Gasteiger partial charge on any atom is 0.395 e. The highest BCUT2D eigenvalue weighted by Crippen LogP contribution is 2.29. The van der Waals surface area contributed by atoms with Crippen LogP contribution >= 0.6 is 11.8 Å². The Morgan fingerprint density at radius 1 is 1.20 bits per heavy atom. The summed E-state index contributed by atoms with van der Waals surface area (Å²) in [5.41, 5.74) is -2.02. The standard InChI is InChI=1S/C16H11N3O5S/c20-15-14(19(22)23)16(21)18-12(17-15)8-6-10-7-9-13(24-10)25-11-4-2-1-3-5-11/h1-9H,(H2,17,18,20,21)/b8-6+. The van der Waals surface area contributed by atoms with Gasteiger partial charge in [-0.1, -0.05) is 30.0 Å². The summed E-state index contributed by atoms with van der Waals surface area (Å²) < 4.78 is 5.62. The van der Waals surface area contributed by atoms with Gasteiger partial charge in [0, 0.05) is 4.90 Å². The molecule has 0 saturated carbocycles. The largest absolute Gasteiger partial charge is 0.488 e. The zero-order valence-corrected chi connectivity index (χ0v) is 13.4. The van der Waals surface area contributed by atoms with Gasteiger partial charge in [0.05, 0.1) is 4.92 Å². The fourth-order valence-electron chi connectivity index (χ4n) is 1.96. The molecule has 0 aliphatic rings.